The van der Waals surface area contributed by atoms with Crippen LogP contribution in [0.15, 0.2) is 12.4 Å². The standard InChI is InChI=1S/C10H19N5O/c1-7(2)8(3-4-16)14-9-5-10(15-11)13-6-12-9/h5-8,16H,3-4,11H2,1-2H3,(H2,12,13,14,15). The van der Waals surface area contributed by atoms with Gasteiger partial charge in [0.25, 0.3) is 0 Å². The van der Waals surface area contributed by atoms with Crippen LogP contribution in [-0.2, 0) is 0 Å². The molecule has 0 amide bonds. The zero-order valence-electron chi connectivity index (χ0n) is 9.64. The van der Waals surface area contributed by atoms with Gasteiger partial charge < -0.3 is 15.8 Å². The summed E-state index contributed by atoms with van der Waals surface area (Å²) in [7, 11) is 0. The van der Waals surface area contributed by atoms with Gasteiger partial charge in [-0.15, -0.1) is 0 Å². The number of nitrogens with one attached hydrogen (secondary N) is 2. The van der Waals surface area contributed by atoms with Crippen molar-refractivity contribution in [1.82, 2.24) is 9.97 Å². The molecule has 6 nitrogen and oxygen atoms in total. The second-order valence-corrected chi connectivity index (χ2v) is 3.94. The van der Waals surface area contributed by atoms with Gasteiger partial charge in [0.05, 0.1) is 0 Å². The van der Waals surface area contributed by atoms with Crippen molar-refractivity contribution >= 4 is 11.6 Å². The minimum absolute atomic E-state index is 0.156. The molecule has 0 aliphatic carbocycles. The van der Waals surface area contributed by atoms with E-state index in [0.29, 0.717) is 24.0 Å². The van der Waals surface area contributed by atoms with Gasteiger partial charge in [0.2, 0.25) is 0 Å². The molecule has 0 saturated carbocycles. The van der Waals surface area contributed by atoms with E-state index in [0.717, 1.165) is 0 Å². The van der Waals surface area contributed by atoms with Crippen LogP contribution in [-0.4, -0.2) is 27.7 Å². The molecule has 0 aliphatic heterocycles. The second kappa shape index (κ2) is 6.24. The first-order chi connectivity index (χ1) is 7.67. The Morgan fingerprint density at radius 1 is 1.38 bits per heavy atom. The average Bonchev–Trinajstić information content (AvgIpc) is 2.28. The summed E-state index contributed by atoms with van der Waals surface area (Å²) in [6.45, 7) is 4.34. The smallest absolute Gasteiger partial charge is 0.145 e. The van der Waals surface area contributed by atoms with Crippen LogP contribution >= 0.6 is 0 Å². The fourth-order valence-electron chi connectivity index (χ4n) is 1.42. The first-order valence-corrected chi connectivity index (χ1v) is 5.33. The lowest BCUT2D eigenvalue weighted by atomic mass is 10.0. The largest absolute Gasteiger partial charge is 0.396 e. The highest BCUT2D eigenvalue weighted by atomic mass is 16.3. The number of nitrogens with two attached hydrogens (primary N) is 1. The Kier molecular flexibility index (Phi) is 4.94. The van der Waals surface area contributed by atoms with Crippen molar-refractivity contribution in [2.45, 2.75) is 26.3 Å². The molecule has 90 valence electrons. The molecule has 6 heteroatoms. The lowest BCUT2D eigenvalue weighted by Crippen LogP contribution is -2.27. The maximum atomic E-state index is 8.96. The highest BCUT2D eigenvalue weighted by Gasteiger charge is 2.13. The number of hydrogen-bond donors (Lipinski definition) is 4. The van der Waals surface area contributed by atoms with Crippen LogP contribution in [0.4, 0.5) is 11.6 Å². The molecule has 1 aromatic rings. The van der Waals surface area contributed by atoms with Gasteiger partial charge in [-0.05, 0) is 12.3 Å². The van der Waals surface area contributed by atoms with Crippen LogP contribution in [0.3, 0.4) is 0 Å². The number of hydrazine groups is 1. The van der Waals surface area contributed by atoms with Crippen molar-refractivity contribution in [3.63, 3.8) is 0 Å². The number of rotatable bonds is 6. The van der Waals surface area contributed by atoms with E-state index < -0.39 is 0 Å². The summed E-state index contributed by atoms with van der Waals surface area (Å²) >= 11 is 0. The summed E-state index contributed by atoms with van der Waals surface area (Å²) in [5.74, 6) is 6.94. The van der Waals surface area contributed by atoms with Gasteiger partial charge in [-0.25, -0.2) is 15.8 Å². The maximum absolute atomic E-state index is 8.96. The summed E-state index contributed by atoms with van der Waals surface area (Å²) in [4.78, 5) is 8.01. The minimum Gasteiger partial charge on any atom is -0.396 e. The van der Waals surface area contributed by atoms with Crippen molar-refractivity contribution in [1.29, 1.82) is 0 Å². The normalized spacial score (nSPS) is 12.6. The van der Waals surface area contributed by atoms with E-state index in [-0.39, 0.29) is 12.6 Å². The Morgan fingerprint density at radius 2 is 2.06 bits per heavy atom. The number of anilines is 2. The Bertz CT molecular complexity index is 318. The zero-order valence-corrected chi connectivity index (χ0v) is 9.64. The lowest BCUT2D eigenvalue weighted by Gasteiger charge is -2.22. The summed E-state index contributed by atoms with van der Waals surface area (Å²) in [6.07, 6.45) is 2.13. The fraction of sp³-hybridized carbons (Fsp3) is 0.600. The van der Waals surface area contributed by atoms with E-state index in [1.165, 1.54) is 6.33 Å². The van der Waals surface area contributed by atoms with Gasteiger partial charge >= 0.3 is 0 Å². The molecular formula is C10H19N5O. The number of aliphatic hydroxyl groups excluding tert-OH is 1. The third kappa shape index (κ3) is 3.63. The highest BCUT2D eigenvalue weighted by molar-refractivity contribution is 5.46. The average molecular weight is 225 g/mol. The van der Waals surface area contributed by atoms with Crippen LogP contribution < -0.4 is 16.6 Å². The molecule has 0 aromatic carbocycles. The Hall–Kier alpha value is -1.40. The number of aliphatic hydroxyl groups is 1. The van der Waals surface area contributed by atoms with E-state index in [2.05, 4.69) is 34.6 Å². The summed E-state index contributed by atoms with van der Waals surface area (Å²) < 4.78 is 0. The van der Waals surface area contributed by atoms with Gasteiger partial charge in [0.1, 0.15) is 18.0 Å². The van der Waals surface area contributed by atoms with Crippen molar-refractivity contribution in [3.05, 3.63) is 12.4 Å². The molecule has 1 atom stereocenters. The zero-order chi connectivity index (χ0) is 12.0. The van der Waals surface area contributed by atoms with E-state index in [9.17, 15) is 0 Å². The van der Waals surface area contributed by atoms with Crippen LogP contribution in [0.1, 0.15) is 20.3 Å². The van der Waals surface area contributed by atoms with Crippen molar-refractivity contribution in [3.8, 4) is 0 Å². The first-order valence-electron chi connectivity index (χ1n) is 5.33. The fourth-order valence-corrected chi connectivity index (χ4v) is 1.42. The third-order valence-electron chi connectivity index (χ3n) is 2.39. The molecule has 1 unspecified atom stereocenters. The van der Waals surface area contributed by atoms with Crippen LogP contribution in [0.2, 0.25) is 0 Å². The summed E-state index contributed by atoms with van der Waals surface area (Å²) in [5, 5.41) is 12.2. The second-order valence-electron chi connectivity index (χ2n) is 3.94. The van der Waals surface area contributed by atoms with Crippen LogP contribution in [0.25, 0.3) is 0 Å². The van der Waals surface area contributed by atoms with Gasteiger partial charge in [-0.1, -0.05) is 13.8 Å². The number of aromatic nitrogens is 2. The molecule has 1 heterocycles. The topological polar surface area (TPSA) is 96.1 Å². The van der Waals surface area contributed by atoms with E-state index in [4.69, 9.17) is 10.9 Å². The molecule has 0 saturated heterocycles. The molecule has 0 spiro atoms. The van der Waals surface area contributed by atoms with Gasteiger partial charge in [0, 0.05) is 18.7 Å². The minimum atomic E-state index is 0.156. The van der Waals surface area contributed by atoms with E-state index in [1.807, 2.05) is 0 Å². The Morgan fingerprint density at radius 3 is 2.62 bits per heavy atom. The lowest BCUT2D eigenvalue weighted by molar-refractivity contribution is 0.267. The van der Waals surface area contributed by atoms with Crippen molar-refractivity contribution in [2.75, 3.05) is 17.3 Å². The Balaban J connectivity index is 2.68. The maximum Gasteiger partial charge on any atom is 0.145 e. The molecule has 0 bridgehead atoms. The van der Waals surface area contributed by atoms with Crippen LogP contribution in [0.5, 0.6) is 0 Å². The molecule has 0 fully saturated rings. The van der Waals surface area contributed by atoms with Gasteiger partial charge in [-0.2, -0.15) is 0 Å². The number of hydrogen-bond acceptors (Lipinski definition) is 6. The van der Waals surface area contributed by atoms with Gasteiger partial charge in [0.15, 0.2) is 0 Å². The van der Waals surface area contributed by atoms with Crippen molar-refractivity contribution in [2.24, 2.45) is 11.8 Å². The quantitative estimate of drug-likeness (QED) is 0.418. The first kappa shape index (κ1) is 12.7. The molecule has 5 N–H and O–H groups in total. The predicted molar refractivity (Wildman–Crippen MR) is 63.8 cm³/mol. The molecule has 1 aromatic heterocycles. The number of nitrogens with zero attached hydrogens (tertiary/aromatic N) is 2. The molecule has 1 rings (SSSR count). The number of nitrogen functional groups attached to an aromatic ring is 1. The van der Waals surface area contributed by atoms with Crippen LogP contribution in [0, 0.1) is 5.92 Å². The summed E-state index contributed by atoms with van der Waals surface area (Å²) in [5.41, 5.74) is 2.46. The highest BCUT2D eigenvalue weighted by Crippen LogP contribution is 2.14. The monoisotopic (exact) mass is 225 g/mol. The van der Waals surface area contributed by atoms with Crippen molar-refractivity contribution < 1.29 is 5.11 Å². The van der Waals surface area contributed by atoms with E-state index in [1.54, 1.807) is 6.07 Å². The molecule has 0 aliphatic rings. The summed E-state index contributed by atoms with van der Waals surface area (Å²) in [6, 6.07) is 1.91. The predicted octanol–water partition coefficient (Wildman–Crippen LogP) is 0.581. The third-order valence-corrected chi connectivity index (χ3v) is 2.39. The Labute approximate surface area is 95.3 Å². The molecule has 16 heavy (non-hydrogen) atoms. The van der Waals surface area contributed by atoms with E-state index >= 15 is 0 Å². The molecule has 0 radical (unpaired) electrons. The SMILES string of the molecule is CC(C)C(CCO)Nc1cc(NN)ncn1. The molecular weight excluding hydrogens is 206 g/mol. The van der Waals surface area contributed by atoms with Gasteiger partial charge in [-0.3, -0.25) is 0 Å².